The summed E-state index contributed by atoms with van der Waals surface area (Å²) in [6, 6.07) is 7.04. The average molecular weight is 449 g/mol. The van der Waals surface area contributed by atoms with Gasteiger partial charge in [-0.3, -0.25) is 19.2 Å². The molecule has 2 N–H and O–H groups in total. The number of methoxy groups -OCH3 is 2. The van der Waals surface area contributed by atoms with Gasteiger partial charge in [-0.25, -0.2) is 0 Å². The van der Waals surface area contributed by atoms with Crippen LogP contribution in [0.3, 0.4) is 0 Å². The third-order valence-electron chi connectivity index (χ3n) is 4.98. The second kappa shape index (κ2) is 16.8. The molecular weight excluding hydrogens is 412 g/mol. The number of carbonyl (C=O) groups is 4. The van der Waals surface area contributed by atoms with Gasteiger partial charge in [0.1, 0.15) is 0 Å². The summed E-state index contributed by atoms with van der Waals surface area (Å²) in [6.45, 7) is 0. The molecule has 1 rings (SSSR count). The minimum absolute atomic E-state index is 0.0537. The first-order valence-corrected chi connectivity index (χ1v) is 11.3. The van der Waals surface area contributed by atoms with E-state index >= 15 is 0 Å². The van der Waals surface area contributed by atoms with Crippen molar-refractivity contribution >= 4 is 35.1 Å². The van der Waals surface area contributed by atoms with Gasteiger partial charge in [0.05, 0.1) is 14.2 Å². The number of esters is 2. The zero-order chi connectivity index (χ0) is 23.6. The lowest BCUT2D eigenvalue weighted by Crippen LogP contribution is -2.12. The topological polar surface area (TPSA) is 111 Å². The van der Waals surface area contributed by atoms with Crippen LogP contribution < -0.4 is 10.6 Å². The lowest BCUT2D eigenvalue weighted by molar-refractivity contribution is -0.141. The number of unbranched alkanes of at least 4 members (excludes halogenated alkanes) is 6. The molecule has 178 valence electrons. The summed E-state index contributed by atoms with van der Waals surface area (Å²) in [4.78, 5) is 46.1. The molecule has 8 nitrogen and oxygen atoms in total. The van der Waals surface area contributed by atoms with E-state index in [9.17, 15) is 19.2 Å². The standard InChI is InChI=1S/C24H36N2O6/c1-31-23(29)13-9-5-3-7-11-21(27)25-19-15-17-20(18-16-19)26-22(28)12-8-4-6-10-14-24(30)32-2/h15-18H,3-14H2,1-2H3,(H,25,27)(H,26,28). The van der Waals surface area contributed by atoms with Gasteiger partial charge in [-0.2, -0.15) is 0 Å². The molecule has 0 fully saturated rings. The van der Waals surface area contributed by atoms with Crippen LogP contribution in [0, 0.1) is 0 Å². The molecule has 0 heterocycles. The Morgan fingerprint density at radius 1 is 0.562 bits per heavy atom. The third-order valence-corrected chi connectivity index (χ3v) is 4.98. The molecule has 1 aromatic carbocycles. The van der Waals surface area contributed by atoms with Gasteiger partial charge < -0.3 is 20.1 Å². The highest BCUT2D eigenvalue weighted by atomic mass is 16.5. The van der Waals surface area contributed by atoms with Crippen LogP contribution in [-0.4, -0.2) is 38.0 Å². The van der Waals surface area contributed by atoms with Gasteiger partial charge in [0.15, 0.2) is 0 Å². The number of rotatable bonds is 16. The number of hydrogen-bond donors (Lipinski definition) is 2. The molecule has 0 unspecified atom stereocenters. The van der Waals surface area contributed by atoms with Crippen LogP contribution in [0.15, 0.2) is 24.3 Å². The first-order chi connectivity index (χ1) is 15.4. The Kier molecular flexibility index (Phi) is 14.2. The summed E-state index contributed by atoms with van der Waals surface area (Å²) in [5, 5.41) is 5.70. The minimum Gasteiger partial charge on any atom is -0.469 e. The predicted molar refractivity (Wildman–Crippen MR) is 123 cm³/mol. The van der Waals surface area contributed by atoms with Crippen molar-refractivity contribution in [1.82, 2.24) is 0 Å². The van der Waals surface area contributed by atoms with Gasteiger partial charge in [-0.1, -0.05) is 25.7 Å². The Balaban J connectivity index is 2.16. The fourth-order valence-electron chi connectivity index (χ4n) is 3.10. The second-order valence-electron chi connectivity index (χ2n) is 7.65. The lowest BCUT2D eigenvalue weighted by Gasteiger charge is -2.08. The molecule has 8 heteroatoms. The normalized spacial score (nSPS) is 10.3. The summed E-state index contributed by atoms with van der Waals surface area (Å²) in [5.74, 6) is -0.506. The first-order valence-electron chi connectivity index (χ1n) is 11.3. The highest BCUT2D eigenvalue weighted by molar-refractivity contribution is 5.92. The molecule has 1 aromatic rings. The maximum Gasteiger partial charge on any atom is 0.305 e. The molecule has 0 aliphatic carbocycles. The summed E-state index contributed by atoms with van der Waals surface area (Å²) >= 11 is 0. The zero-order valence-electron chi connectivity index (χ0n) is 19.2. The quantitative estimate of drug-likeness (QED) is 0.283. The molecule has 32 heavy (non-hydrogen) atoms. The fourth-order valence-corrected chi connectivity index (χ4v) is 3.10. The van der Waals surface area contributed by atoms with Crippen LogP contribution >= 0.6 is 0 Å². The van der Waals surface area contributed by atoms with Gasteiger partial charge in [0.25, 0.3) is 0 Å². The maximum absolute atomic E-state index is 12.0. The molecular formula is C24H36N2O6. The van der Waals surface area contributed by atoms with E-state index in [1.165, 1.54) is 14.2 Å². The SMILES string of the molecule is COC(=O)CCCCCCC(=O)Nc1ccc(NC(=O)CCCCCCC(=O)OC)cc1. The molecule has 0 saturated carbocycles. The van der Waals surface area contributed by atoms with E-state index in [4.69, 9.17) is 0 Å². The van der Waals surface area contributed by atoms with Crippen molar-refractivity contribution in [1.29, 1.82) is 0 Å². The van der Waals surface area contributed by atoms with Crippen LogP contribution in [0.1, 0.15) is 77.0 Å². The van der Waals surface area contributed by atoms with Crippen molar-refractivity contribution in [2.75, 3.05) is 24.9 Å². The molecule has 0 saturated heterocycles. The monoisotopic (exact) mass is 448 g/mol. The Morgan fingerprint density at radius 2 is 0.875 bits per heavy atom. The number of hydrogen-bond acceptors (Lipinski definition) is 6. The van der Waals surface area contributed by atoms with Gasteiger partial charge >= 0.3 is 11.9 Å². The molecule has 0 aliphatic heterocycles. The highest BCUT2D eigenvalue weighted by Gasteiger charge is 2.06. The smallest absolute Gasteiger partial charge is 0.305 e. The van der Waals surface area contributed by atoms with Crippen molar-refractivity contribution in [2.45, 2.75) is 77.0 Å². The number of benzene rings is 1. The molecule has 0 atom stereocenters. The average Bonchev–Trinajstić information content (AvgIpc) is 2.79. The predicted octanol–water partition coefficient (Wildman–Crippen LogP) is 4.59. The first kappa shape index (κ1) is 27.1. The van der Waals surface area contributed by atoms with Crippen LogP contribution in [0.25, 0.3) is 0 Å². The molecule has 0 radical (unpaired) electrons. The van der Waals surface area contributed by atoms with E-state index in [2.05, 4.69) is 20.1 Å². The second-order valence-corrected chi connectivity index (χ2v) is 7.65. The molecule has 0 aliphatic rings. The van der Waals surface area contributed by atoms with E-state index in [1.54, 1.807) is 24.3 Å². The largest absolute Gasteiger partial charge is 0.469 e. The number of amides is 2. The summed E-state index contributed by atoms with van der Waals surface area (Å²) in [6.07, 6.45) is 8.34. The number of carbonyl (C=O) groups excluding carboxylic acids is 4. The van der Waals surface area contributed by atoms with E-state index in [1.807, 2.05) is 0 Å². The van der Waals surface area contributed by atoms with E-state index < -0.39 is 0 Å². The lowest BCUT2D eigenvalue weighted by atomic mass is 10.1. The van der Waals surface area contributed by atoms with Crippen molar-refractivity contribution < 1.29 is 28.7 Å². The van der Waals surface area contributed by atoms with Crippen LogP contribution in [0.2, 0.25) is 0 Å². The molecule has 0 spiro atoms. The van der Waals surface area contributed by atoms with Gasteiger partial charge in [-0.05, 0) is 49.9 Å². The number of nitrogens with one attached hydrogen (secondary N) is 2. The maximum atomic E-state index is 12.0. The van der Waals surface area contributed by atoms with Crippen molar-refractivity contribution in [3.63, 3.8) is 0 Å². The van der Waals surface area contributed by atoms with E-state index in [0.29, 0.717) is 37.1 Å². The van der Waals surface area contributed by atoms with Crippen molar-refractivity contribution in [3.05, 3.63) is 24.3 Å². The molecule has 0 aromatic heterocycles. The van der Waals surface area contributed by atoms with Gasteiger partial charge in [0, 0.05) is 37.1 Å². The van der Waals surface area contributed by atoms with Crippen LogP contribution in [0.4, 0.5) is 11.4 Å². The summed E-state index contributed by atoms with van der Waals surface area (Å²) in [7, 11) is 2.76. The Morgan fingerprint density at radius 3 is 1.19 bits per heavy atom. The van der Waals surface area contributed by atoms with Crippen LogP contribution in [0.5, 0.6) is 0 Å². The summed E-state index contributed by atoms with van der Waals surface area (Å²) < 4.78 is 9.18. The minimum atomic E-state index is -0.199. The fraction of sp³-hybridized carbons (Fsp3) is 0.583. The number of anilines is 2. The summed E-state index contributed by atoms with van der Waals surface area (Å²) in [5.41, 5.74) is 1.37. The number of ether oxygens (including phenoxy) is 2. The molecule has 2 amide bonds. The third kappa shape index (κ3) is 13.4. The van der Waals surface area contributed by atoms with Gasteiger partial charge in [0.2, 0.25) is 11.8 Å². The Bertz CT molecular complexity index is 657. The highest BCUT2D eigenvalue weighted by Crippen LogP contribution is 2.15. The van der Waals surface area contributed by atoms with E-state index in [0.717, 1.165) is 51.4 Å². The van der Waals surface area contributed by atoms with Crippen molar-refractivity contribution in [2.24, 2.45) is 0 Å². The van der Waals surface area contributed by atoms with Gasteiger partial charge in [-0.15, -0.1) is 0 Å². The van der Waals surface area contributed by atoms with E-state index in [-0.39, 0.29) is 23.8 Å². The Hall–Kier alpha value is -2.90. The Labute approximate surface area is 190 Å². The molecule has 0 bridgehead atoms. The van der Waals surface area contributed by atoms with Crippen LogP contribution in [-0.2, 0) is 28.7 Å². The zero-order valence-corrected chi connectivity index (χ0v) is 19.2. The van der Waals surface area contributed by atoms with Crippen molar-refractivity contribution in [3.8, 4) is 0 Å².